The molecule has 5 heteroatoms. The third kappa shape index (κ3) is 3.39. The molecule has 0 aromatic heterocycles. The lowest BCUT2D eigenvalue weighted by molar-refractivity contribution is 0.170. The van der Waals surface area contributed by atoms with Crippen LogP contribution in [0.25, 0.3) is 0 Å². The molecule has 3 unspecified atom stereocenters. The summed E-state index contributed by atoms with van der Waals surface area (Å²) < 4.78 is 26.6. The van der Waals surface area contributed by atoms with Gasteiger partial charge in [0.25, 0.3) is 0 Å². The number of aliphatic hydroxyl groups excluding tert-OH is 1. The minimum absolute atomic E-state index is 0.0893. The Hall–Kier alpha value is -0.260. The molecular formula is C13H16F2OS2. The van der Waals surface area contributed by atoms with E-state index in [1.165, 1.54) is 6.07 Å². The van der Waals surface area contributed by atoms with Gasteiger partial charge < -0.3 is 5.11 Å². The third-order valence-corrected chi connectivity index (χ3v) is 6.29. The molecular weight excluding hydrogens is 274 g/mol. The molecule has 1 nitrogen and oxygen atoms in total. The lowest BCUT2D eigenvalue weighted by Crippen LogP contribution is -2.36. The number of aliphatic hydroxyl groups is 1. The van der Waals surface area contributed by atoms with Gasteiger partial charge in [-0.2, -0.15) is 23.5 Å². The molecule has 2 rings (SSSR count). The van der Waals surface area contributed by atoms with Crippen molar-refractivity contribution in [1.82, 2.24) is 0 Å². The first-order valence-electron chi connectivity index (χ1n) is 5.93. The van der Waals surface area contributed by atoms with E-state index in [1.54, 1.807) is 11.8 Å². The van der Waals surface area contributed by atoms with Crippen LogP contribution in [0, 0.1) is 11.6 Å². The van der Waals surface area contributed by atoms with Gasteiger partial charge in [-0.15, -0.1) is 0 Å². The van der Waals surface area contributed by atoms with Crippen LogP contribution in [0.15, 0.2) is 18.2 Å². The summed E-state index contributed by atoms with van der Waals surface area (Å²) >= 11 is 3.55. The Morgan fingerprint density at radius 1 is 1.33 bits per heavy atom. The van der Waals surface area contributed by atoms with Crippen molar-refractivity contribution in [2.45, 2.75) is 29.9 Å². The molecule has 1 aliphatic rings. The zero-order chi connectivity index (χ0) is 13.1. The molecule has 0 amide bonds. The van der Waals surface area contributed by atoms with Crippen molar-refractivity contribution in [2.75, 3.05) is 11.5 Å². The number of rotatable bonds is 3. The van der Waals surface area contributed by atoms with Gasteiger partial charge in [-0.05, 0) is 23.8 Å². The summed E-state index contributed by atoms with van der Waals surface area (Å²) in [5, 5.41) is 10.6. The maximum atomic E-state index is 13.5. The number of halogens is 2. The molecule has 1 aromatic rings. The summed E-state index contributed by atoms with van der Waals surface area (Å²) in [5.74, 6) is 1.18. The topological polar surface area (TPSA) is 20.2 Å². The molecule has 1 N–H and O–H groups in total. The minimum Gasteiger partial charge on any atom is -0.392 e. The van der Waals surface area contributed by atoms with E-state index >= 15 is 0 Å². The van der Waals surface area contributed by atoms with Crippen molar-refractivity contribution < 1.29 is 13.9 Å². The first-order valence-corrected chi connectivity index (χ1v) is 8.03. The predicted octanol–water partition coefficient (Wildman–Crippen LogP) is 3.11. The molecule has 1 saturated heterocycles. The third-order valence-electron chi connectivity index (χ3n) is 3.05. The normalized spacial score (nSPS) is 26.0. The first-order chi connectivity index (χ1) is 8.58. The van der Waals surface area contributed by atoms with Crippen LogP contribution in [0.1, 0.15) is 12.5 Å². The second kappa shape index (κ2) is 6.26. The Morgan fingerprint density at radius 2 is 2.06 bits per heavy atom. The molecule has 1 fully saturated rings. The van der Waals surface area contributed by atoms with Gasteiger partial charge in [0.2, 0.25) is 0 Å². The van der Waals surface area contributed by atoms with E-state index in [2.05, 4.69) is 6.92 Å². The standard InChI is InChI=1S/C13H16F2OS2/c1-8-13(18-5-4-17-8)12(16)7-9-6-10(14)2-3-11(9)15/h2-3,6,8,12-13,16H,4-5,7H2,1H3. The summed E-state index contributed by atoms with van der Waals surface area (Å²) in [6.45, 7) is 2.08. The van der Waals surface area contributed by atoms with E-state index in [0.29, 0.717) is 5.25 Å². The monoisotopic (exact) mass is 290 g/mol. The Bertz CT molecular complexity index is 414. The average Bonchev–Trinajstić information content (AvgIpc) is 2.34. The fourth-order valence-electron chi connectivity index (χ4n) is 2.11. The highest BCUT2D eigenvalue weighted by Crippen LogP contribution is 2.34. The van der Waals surface area contributed by atoms with Gasteiger partial charge in [-0.1, -0.05) is 6.92 Å². The SMILES string of the molecule is CC1SCCSC1C(O)Cc1cc(F)ccc1F. The van der Waals surface area contributed by atoms with E-state index < -0.39 is 17.7 Å². The summed E-state index contributed by atoms with van der Waals surface area (Å²) in [5.41, 5.74) is 0.255. The number of hydrogen-bond donors (Lipinski definition) is 1. The Kier molecular flexibility index (Phi) is 4.92. The van der Waals surface area contributed by atoms with Crippen molar-refractivity contribution in [2.24, 2.45) is 0 Å². The summed E-state index contributed by atoms with van der Waals surface area (Å²) in [6.07, 6.45) is -0.458. The molecule has 1 heterocycles. The van der Waals surface area contributed by atoms with Gasteiger partial charge in [-0.25, -0.2) is 8.78 Å². The van der Waals surface area contributed by atoms with E-state index in [1.807, 2.05) is 11.8 Å². The highest BCUT2D eigenvalue weighted by molar-refractivity contribution is 8.07. The van der Waals surface area contributed by atoms with Crippen molar-refractivity contribution in [1.29, 1.82) is 0 Å². The molecule has 0 saturated carbocycles. The highest BCUT2D eigenvalue weighted by Gasteiger charge is 2.29. The van der Waals surface area contributed by atoms with Gasteiger partial charge in [0.1, 0.15) is 11.6 Å². The molecule has 1 aromatic carbocycles. The first kappa shape index (κ1) is 14.2. The van der Waals surface area contributed by atoms with Gasteiger partial charge in [-0.3, -0.25) is 0 Å². The zero-order valence-electron chi connectivity index (χ0n) is 10.1. The zero-order valence-corrected chi connectivity index (χ0v) is 11.7. The van der Waals surface area contributed by atoms with Crippen LogP contribution in [-0.4, -0.2) is 33.2 Å². The highest BCUT2D eigenvalue weighted by atomic mass is 32.2. The van der Waals surface area contributed by atoms with Crippen molar-refractivity contribution >= 4 is 23.5 Å². The molecule has 0 spiro atoms. The Labute approximate surface area is 114 Å². The van der Waals surface area contributed by atoms with Gasteiger partial charge in [0.05, 0.1) is 6.10 Å². The summed E-state index contributed by atoms with van der Waals surface area (Å²) in [7, 11) is 0. The van der Waals surface area contributed by atoms with Crippen LogP contribution in [-0.2, 0) is 6.42 Å². The van der Waals surface area contributed by atoms with Gasteiger partial charge >= 0.3 is 0 Å². The van der Waals surface area contributed by atoms with E-state index in [-0.39, 0.29) is 17.2 Å². The second-order valence-corrected chi connectivity index (χ2v) is 7.19. The molecule has 1 aliphatic heterocycles. The Balaban J connectivity index is 2.05. The number of benzene rings is 1. The van der Waals surface area contributed by atoms with Crippen LogP contribution in [0.2, 0.25) is 0 Å². The van der Waals surface area contributed by atoms with Gasteiger partial charge in [0.15, 0.2) is 0 Å². The molecule has 0 aliphatic carbocycles. The minimum atomic E-state index is -0.630. The van der Waals surface area contributed by atoms with E-state index in [0.717, 1.165) is 23.6 Å². The largest absolute Gasteiger partial charge is 0.392 e. The van der Waals surface area contributed by atoms with Crippen LogP contribution < -0.4 is 0 Å². The smallest absolute Gasteiger partial charge is 0.126 e. The fraction of sp³-hybridized carbons (Fsp3) is 0.538. The summed E-state index contributed by atoms with van der Waals surface area (Å²) in [6, 6.07) is 3.38. The van der Waals surface area contributed by atoms with Crippen LogP contribution in [0.5, 0.6) is 0 Å². The van der Waals surface area contributed by atoms with Gasteiger partial charge in [0, 0.05) is 28.4 Å². The van der Waals surface area contributed by atoms with Crippen LogP contribution >= 0.6 is 23.5 Å². The molecule has 0 bridgehead atoms. The summed E-state index contributed by atoms with van der Waals surface area (Å²) in [4.78, 5) is 0. The van der Waals surface area contributed by atoms with Crippen molar-refractivity contribution in [3.63, 3.8) is 0 Å². The average molecular weight is 290 g/mol. The molecule has 0 radical (unpaired) electrons. The number of thioether (sulfide) groups is 2. The van der Waals surface area contributed by atoms with Crippen LogP contribution in [0.4, 0.5) is 8.78 Å². The predicted molar refractivity (Wildman–Crippen MR) is 74.2 cm³/mol. The lowest BCUT2D eigenvalue weighted by Gasteiger charge is -2.31. The second-order valence-electron chi connectivity index (χ2n) is 4.42. The maximum absolute atomic E-state index is 13.5. The fourth-order valence-corrected chi connectivity index (χ4v) is 4.96. The molecule has 3 atom stereocenters. The quantitative estimate of drug-likeness (QED) is 0.924. The van der Waals surface area contributed by atoms with Crippen LogP contribution in [0.3, 0.4) is 0 Å². The van der Waals surface area contributed by atoms with E-state index in [9.17, 15) is 13.9 Å². The maximum Gasteiger partial charge on any atom is 0.126 e. The van der Waals surface area contributed by atoms with Crippen molar-refractivity contribution in [3.8, 4) is 0 Å². The number of hydrogen-bond acceptors (Lipinski definition) is 3. The molecule has 100 valence electrons. The Morgan fingerprint density at radius 3 is 2.78 bits per heavy atom. The van der Waals surface area contributed by atoms with E-state index in [4.69, 9.17) is 0 Å². The molecule has 18 heavy (non-hydrogen) atoms. The lowest BCUT2D eigenvalue weighted by atomic mass is 10.0. The van der Waals surface area contributed by atoms with Crippen molar-refractivity contribution in [3.05, 3.63) is 35.4 Å².